The summed E-state index contributed by atoms with van der Waals surface area (Å²) in [5, 5.41) is 3.03. The van der Waals surface area contributed by atoms with Crippen molar-refractivity contribution in [1.82, 2.24) is 5.32 Å². The number of amides is 1. The van der Waals surface area contributed by atoms with E-state index in [1.807, 2.05) is 19.1 Å². The molecule has 4 rings (SSSR count). The molecule has 2 fully saturated rings. The average Bonchev–Trinajstić information content (AvgIpc) is 3.49. The van der Waals surface area contributed by atoms with Gasteiger partial charge in [-0.1, -0.05) is 46.9 Å². The van der Waals surface area contributed by atoms with Crippen LogP contribution in [0, 0.1) is 5.92 Å². The number of halogens is 6. The lowest BCUT2D eigenvalue weighted by atomic mass is 9.79. The fraction of sp³-hybridized carbons (Fsp3) is 0.435. The van der Waals surface area contributed by atoms with Gasteiger partial charge in [0.05, 0.1) is 21.1 Å². The molecule has 2 atom stereocenters. The van der Waals surface area contributed by atoms with Gasteiger partial charge in [0.25, 0.3) is 0 Å². The quantitative estimate of drug-likeness (QED) is 0.446. The van der Waals surface area contributed by atoms with E-state index in [2.05, 4.69) is 5.32 Å². The molecule has 1 heterocycles. The van der Waals surface area contributed by atoms with Gasteiger partial charge in [-0.25, -0.2) is 0 Å². The van der Waals surface area contributed by atoms with Crippen molar-refractivity contribution >= 4 is 46.4 Å². The van der Waals surface area contributed by atoms with Crippen LogP contribution in [-0.2, 0) is 10.2 Å². The Morgan fingerprint density at radius 2 is 1.72 bits per heavy atom. The van der Waals surface area contributed by atoms with E-state index in [1.165, 1.54) is 12.1 Å². The minimum atomic E-state index is -4.50. The number of carbonyl (C=O) groups excluding carboxylic acids is 1. The van der Waals surface area contributed by atoms with Crippen molar-refractivity contribution in [2.24, 2.45) is 5.92 Å². The number of nitrogens with one attached hydrogen (secondary N) is 1. The summed E-state index contributed by atoms with van der Waals surface area (Å²) in [5.74, 6) is 0.169. The normalized spacial score (nSPS) is 22.2. The highest BCUT2D eigenvalue weighted by Gasteiger charge is 2.59. The third-order valence-electron chi connectivity index (χ3n) is 6.41. The molecule has 2 unspecified atom stereocenters. The maximum atomic E-state index is 14.3. The molecule has 2 aromatic rings. The van der Waals surface area contributed by atoms with E-state index in [0.717, 1.165) is 18.4 Å². The zero-order valence-corrected chi connectivity index (χ0v) is 19.5. The van der Waals surface area contributed by atoms with E-state index < -0.39 is 11.6 Å². The van der Waals surface area contributed by atoms with Crippen molar-refractivity contribution in [3.8, 4) is 0 Å². The van der Waals surface area contributed by atoms with Gasteiger partial charge in [0.15, 0.2) is 0 Å². The van der Waals surface area contributed by atoms with E-state index >= 15 is 0 Å². The summed E-state index contributed by atoms with van der Waals surface area (Å²) in [4.78, 5) is 13.7. The summed E-state index contributed by atoms with van der Waals surface area (Å²) in [6.45, 7) is 1.87. The smallest absolute Gasteiger partial charge is 0.370 e. The molecular formula is C23H22Cl3F3N2O. The van der Waals surface area contributed by atoms with E-state index in [-0.39, 0.29) is 58.0 Å². The Morgan fingerprint density at radius 3 is 2.25 bits per heavy atom. The van der Waals surface area contributed by atoms with E-state index in [4.69, 9.17) is 34.8 Å². The highest BCUT2D eigenvalue weighted by Crippen LogP contribution is 2.50. The lowest BCUT2D eigenvalue weighted by Gasteiger charge is -2.33. The highest BCUT2D eigenvalue weighted by atomic mass is 35.5. The third-order valence-corrected chi connectivity index (χ3v) is 7.61. The maximum absolute atomic E-state index is 14.3. The van der Waals surface area contributed by atoms with Crippen LogP contribution in [0.25, 0.3) is 0 Å². The van der Waals surface area contributed by atoms with Crippen LogP contribution in [0.5, 0.6) is 0 Å². The van der Waals surface area contributed by atoms with Gasteiger partial charge < -0.3 is 10.2 Å². The number of benzene rings is 2. The molecule has 172 valence electrons. The number of anilines is 1. The molecule has 1 amide bonds. The summed E-state index contributed by atoms with van der Waals surface area (Å²) in [7, 11) is 0. The second-order valence-corrected chi connectivity index (χ2v) is 9.79. The lowest BCUT2D eigenvalue weighted by Crippen LogP contribution is -2.44. The molecule has 1 N–H and O–H groups in total. The Morgan fingerprint density at radius 1 is 1.12 bits per heavy atom. The van der Waals surface area contributed by atoms with Gasteiger partial charge >= 0.3 is 6.18 Å². The highest BCUT2D eigenvalue weighted by molar-refractivity contribution is 6.48. The van der Waals surface area contributed by atoms with Crippen LogP contribution in [0.3, 0.4) is 0 Å². The van der Waals surface area contributed by atoms with Gasteiger partial charge in [-0.05, 0) is 61.6 Å². The molecule has 3 nitrogen and oxygen atoms in total. The monoisotopic (exact) mass is 504 g/mol. The Hall–Kier alpha value is -1.63. The first-order valence-electron chi connectivity index (χ1n) is 10.4. The molecule has 2 aromatic carbocycles. The van der Waals surface area contributed by atoms with Crippen molar-refractivity contribution in [3.63, 3.8) is 0 Å². The summed E-state index contributed by atoms with van der Waals surface area (Å²) in [6, 6.07) is 9.64. The summed E-state index contributed by atoms with van der Waals surface area (Å²) < 4.78 is 43.0. The van der Waals surface area contributed by atoms with Crippen molar-refractivity contribution in [1.29, 1.82) is 0 Å². The summed E-state index contributed by atoms with van der Waals surface area (Å²) in [6.07, 6.45) is -2.76. The van der Waals surface area contributed by atoms with Crippen molar-refractivity contribution in [3.05, 3.63) is 62.6 Å². The van der Waals surface area contributed by atoms with Crippen LogP contribution in [0.4, 0.5) is 18.9 Å². The van der Waals surface area contributed by atoms with Crippen LogP contribution in [0.1, 0.15) is 43.4 Å². The van der Waals surface area contributed by atoms with Crippen LogP contribution < -0.4 is 10.2 Å². The zero-order valence-electron chi connectivity index (χ0n) is 17.3. The standard InChI is InChI=1S/C23H22Cl3F3N2O/c1-13(30-21(32)15-2-3-15)14-4-6-17(7-5-14)31-9-8-22(12-31,23(27,28)29)16-10-18(24)20(26)19(25)11-16/h4-7,10-11,13,15H,2-3,8-9,12H2,1H3,(H,30,32). The van der Waals surface area contributed by atoms with Gasteiger partial charge in [-0.15, -0.1) is 0 Å². The molecular weight excluding hydrogens is 484 g/mol. The second kappa shape index (κ2) is 8.62. The van der Waals surface area contributed by atoms with Gasteiger partial charge in [0.1, 0.15) is 5.41 Å². The molecule has 1 aliphatic heterocycles. The molecule has 0 bridgehead atoms. The first-order valence-corrected chi connectivity index (χ1v) is 11.5. The zero-order chi connectivity index (χ0) is 23.3. The average molecular weight is 506 g/mol. The SMILES string of the molecule is CC(NC(=O)C1CC1)c1ccc(N2CCC(c3cc(Cl)c(Cl)c(Cl)c3)(C(F)(F)F)C2)cc1. The minimum absolute atomic E-state index is 0.00262. The molecule has 0 aromatic heterocycles. The second-order valence-electron chi connectivity index (χ2n) is 8.60. The maximum Gasteiger partial charge on any atom is 0.400 e. The number of hydrogen-bond donors (Lipinski definition) is 1. The summed E-state index contributed by atoms with van der Waals surface area (Å²) in [5.41, 5.74) is -0.498. The largest absolute Gasteiger partial charge is 0.400 e. The predicted octanol–water partition coefficient (Wildman–Crippen LogP) is 6.94. The van der Waals surface area contributed by atoms with Crippen LogP contribution in [-0.4, -0.2) is 25.2 Å². The molecule has 0 radical (unpaired) electrons. The van der Waals surface area contributed by atoms with Crippen LogP contribution in [0.15, 0.2) is 36.4 Å². The molecule has 2 aliphatic rings. The van der Waals surface area contributed by atoms with Crippen LogP contribution >= 0.6 is 34.8 Å². The number of nitrogens with zero attached hydrogens (tertiary/aromatic N) is 1. The predicted molar refractivity (Wildman–Crippen MR) is 122 cm³/mol. The van der Waals surface area contributed by atoms with Gasteiger partial charge in [-0.2, -0.15) is 13.2 Å². The Kier molecular flexibility index (Phi) is 6.34. The number of hydrogen-bond acceptors (Lipinski definition) is 2. The fourth-order valence-corrected chi connectivity index (χ4v) is 4.82. The Balaban J connectivity index is 1.55. The number of rotatable bonds is 5. The van der Waals surface area contributed by atoms with E-state index in [9.17, 15) is 18.0 Å². The van der Waals surface area contributed by atoms with E-state index in [0.29, 0.717) is 5.69 Å². The number of carbonyl (C=O) groups is 1. The molecule has 1 saturated heterocycles. The first-order chi connectivity index (χ1) is 15.0. The van der Waals surface area contributed by atoms with Gasteiger partial charge in [0, 0.05) is 24.7 Å². The number of alkyl halides is 3. The third kappa shape index (κ3) is 4.42. The van der Waals surface area contributed by atoms with Crippen LogP contribution in [0.2, 0.25) is 15.1 Å². The lowest BCUT2D eigenvalue weighted by molar-refractivity contribution is -0.184. The molecule has 32 heavy (non-hydrogen) atoms. The Labute approximate surface area is 199 Å². The Bertz CT molecular complexity index is 1000. The topological polar surface area (TPSA) is 32.3 Å². The molecule has 1 aliphatic carbocycles. The fourth-order valence-electron chi connectivity index (χ4n) is 4.23. The molecule has 1 saturated carbocycles. The van der Waals surface area contributed by atoms with E-state index in [1.54, 1.807) is 17.0 Å². The van der Waals surface area contributed by atoms with Gasteiger partial charge in [0.2, 0.25) is 5.91 Å². The van der Waals surface area contributed by atoms with Crippen molar-refractivity contribution < 1.29 is 18.0 Å². The molecule has 9 heteroatoms. The minimum Gasteiger partial charge on any atom is -0.370 e. The first kappa shape index (κ1) is 23.5. The summed E-state index contributed by atoms with van der Waals surface area (Å²) >= 11 is 18.0. The van der Waals surface area contributed by atoms with Gasteiger partial charge in [-0.3, -0.25) is 4.79 Å². The van der Waals surface area contributed by atoms with Crippen molar-refractivity contribution in [2.45, 2.75) is 43.8 Å². The molecule has 0 spiro atoms. The van der Waals surface area contributed by atoms with Crippen molar-refractivity contribution in [2.75, 3.05) is 18.0 Å².